The van der Waals surface area contributed by atoms with Crippen molar-refractivity contribution in [2.75, 3.05) is 0 Å². The quantitative estimate of drug-likeness (QED) is 0.724. The molecule has 128 valence electrons. The van der Waals surface area contributed by atoms with Crippen LogP contribution in [0.25, 0.3) is 10.8 Å². The molecule has 0 aliphatic rings. The summed E-state index contributed by atoms with van der Waals surface area (Å²) in [6.45, 7) is -0.514. The van der Waals surface area contributed by atoms with Crippen LogP contribution >= 0.6 is 0 Å². The summed E-state index contributed by atoms with van der Waals surface area (Å²) in [7, 11) is 0. The summed E-state index contributed by atoms with van der Waals surface area (Å²) in [5, 5.41) is 15.1. The predicted octanol–water partition coefficient (Wildman–Crippen LogP) is 1.83. The summed E-state index contributed by atoms with van der Waals surface area (Å²) in [4.78, 5) is 23.8. The molecule has 0 aliphatic carbocycles. The fourth-order valence-electron chi connectivity index (χ4n) is 2.59. The number of carboxylic acids is 1. The third-order valence-corrected chi connectivity index (χ3v) is 3.70. The molecule has 0 unspecified atom stereocenters. The number of hydrogen-bond acceptors (Lipinski definition) is 4. The average Bonchev–Trinajstić information content (AvgIpc) is 2.56. The molecule has 0 spiro atoms. The van der Waals surface area contributed by atoms with Crippen molar-refractivity contribution in [3.63, 3.8) is 0 Å². The Morgan fingerprint density at radius 3 is 2.28 bits per heavy atom. The van der Waals surface area contributed by atoms with Crippen LogP contribution in [-0.4, -0.2) is 15.7 Å². The molecule has 0 radical (unpaired) electrons. The summed E-state index contributed by atoms with van der Waals surface area (Å²) in [5.41, 5.74) is -2.28. The lowest BCUT2D eigenvalue weighted by Gasteiger charge is -2.15. The number of carbonyl (C=O) groups excluding carboxylic acids is 1. The number of benzene rings is 2. The summed E-state index contributed by atoms with van der Waals surface area (Å²) in [6, 6.07) is 10.6. The first kappa shape index (κ1) is 16.7. The molecule has 0 saturated heterocycles. The van der Waals surface area contributed by atoms with E-state index in [0.717, 1.165) is 6.07 Å². The van der Waals surface area contributed by atoms with Crippen LogP contribution in [0, 0.1) is 0 Å². The van der Waals surface area contributed by atoms with Gasteiger partial charge in [0.25, 0.3) is 5.56 Å². The number of aromatic carboxylic acids is 1. The number of fused-ring (bicyclic) bond motifs is 1. The highest BCUT2D eigenvalue weighted by atomic mass is 19.4. The second kappa shape index (κ2) is 6.04. The van der Waals surface area contributed by atoms with E-state index in [1.165, 1.54) is 42.5 Å². The van der Waals surface area contributed by atoms with E-state index in [4.69, 9.17) is 0 Å². The standard InChI is InChI=1S/C17H11F3N2O3/c18-17(19,20)13-8-4-1-5-10(13)9-22-15(23)12-7-3-2-6-11(12)14(21-22)16(24)25/h1-8H,9H2,(H,24,25)/p-1. The molecule has 5 nitrogen and oxygen atoms in total. The number of rotatable bonds is 3. The maximum Gasteiger partial charge on any atom is 0.416 e. The van der Waals surface area contributed by atoms with E-state index in [2.05, 4.69) is 5.10 Å². The van der Waals surface area contributed by atoms with Crippen molar-refractivity contribution in [3.8, 4) is 0 Å². The van der Waals surface area contributed by atoms with Crippen LogP contribution in [0.15, 0.2) is 53.3 Å². The normalized spacial score (nSPS) is 11.6. The van der Waals surface area contributed by atoms with E-state index >= 15 is 0 Å². The van der Waals surface area contributed by atoms with Crippen LogP contribution in [-0.2, 0) is 12.7 Å². The van der Waals surface area contributed by atoms with Gasteiger partial charge in [0.05, 0.1) is 23.5 Å². The minimum absolute atomic E-state index is 0.0428. The number of alkyl halides is 3. The molecular formula is C17H10F3N2O3-. The molecule has 0 bridgehead atoms. The molecule has 0 saturated carbocycles. The molecule has 1 aromatic heterocycles. The average molecular weight is 347 g/mol. The molecule has 0 amide bonds. The highest BCUT2D eigenvalue weighted by Crippen LogP contribution is 2.32. The van der Waals surface area contributed by atoms with Crippen LogP contribution in [0.2, 0.25) is 0 Å². The van der Waals surface area contributed by atoms with E-state index in [1.807, 2.05) is 0 Å². The number of carbonyl (C=O) groups is 1. The number of nitrogens with zero attached hydrogens (tertiary/aromatic N) is 2. The molecule has 0 fully saturated rings. The van der Waals surface area contributed by atoms with Gasteiger partial charge in [0.15, 0.2) is 0 Å². The SMILES string of the molecule is O=C([O-])c1nn(Cc2ccccc2C(F)(F)F)c(=O)c2ccccc12. The Kier molecular flexibility index (Phi) is 4.03. The van der Waals surface area contributed by atoms with Crippen LogP contribution in [0.1, 0.15) is 21.6 Å². The predicted molar refractivity (Wildman–Crippen MR) is 80.9 cm³/mol. The Morgan fingerprint density at radius 1 is 1.04 bits per heavy atom. The third kappa shape index (κ3) is 3.10. The van der Waals surface area contributed by atoms with Gasteiger partial charge in [-0.25, -0.2) is 4.68 Å². The van der Waals surface area contributed by atoms with E-state index in [9.17, 15) is 27.9 Å². The zero-order valence-electron chi connectivity index (χ0n) is 12.6. The first-order valence-electron chi connectivity index (χ1n) is 7.15. The minimum atomic E-state index is -4.60. The van der Waals surface area contributed by atoms with Crippen molar-refractivity contribution in [2.24, 2.45) is 0 Å². The highest BCUT2D eigenvalue weighted by Gasteiger charge is 2.33. The van der Waals surface area contributed by atoms with Gasteiger partial charge in [-0.2, -0.15) is 18.3 Å². The lowest BCUT2D eigenvalue weighted by atomic mass is 10.1. The van der Waals surface area contributed by atoms with Gasteiger partial charge < -0.3 is 9.90 Å². The van der Waals surface area contributed by atoms with Gasteiger partial charge in [-0.05, 0) is 17.7 Å². The maximum atomic E-state index is 13.1. The van der Waals surface area contributed by atoms with Crippen LogP contribution < -0.4 is 10.7 Å². The second-order valence-electron chi connectivity index (χ2n) is 5.30. The van der Waals surface area contributed by atoms with Crippen LogP contribution in [0.5, 0.6) is 0 Å². The molecule has 2 aromatic carbocycles. The molecule has 3 rings (SSSR count). The topological polar surface area (TPSA) is 75.0 Å². The van der Waals surface area contributed by atoms with E-state index < -0.39 is 35.5 Å². The smallest absolute Gasteiger partial charge is 0.416 e. The van der Waals surface area contributed by atoms with Crippen LogP contribution in [0.4, 0.5) is 13.2 Å². The zero-order valence-corrected chi connectivity index (χ0v) is 12.6. The Balaban J connectivity index is 2.20. The zero-order chi connectivity index (χ0) is 18.2. The maximum absolute atomic E-state index is 13.1. The molecule has 25 heavy (non-hydrogen) atoms. The molecule has 0 aliphatic heterocycles. The van der Waals surface area contributed by atoms with Crippen molar-refractivity contribution >= 4 is 16.7 Å². The lowest BCUT2D eigenvalue weighted by molar-refractivity contribution is -0.255. The van der Waals surface area contributed by atoms with Gasteiger partial charge in [0.2, 0.25) is 0 Å². The third-order valence-electron chi connectivity index (χ3n) is 3.70. The first-order valence-corrected chi connectivity index (χ1v) is 7.15. The van der Waals surface area contributed by atoms with Gasteiger partial charge in [-0.1, -0.05) is 36.4 Å². The van der Waals surface area contributed by atoms with E-state index in [-0.39, 0.29) is 16.3 Å². The van der Waals surface area contributed by atoms with Crippen molar-refractivity contribution in [3.05, 3.63) is 75.7 Å². The first-order chi connectivity index (χ1) is 11.8. The lowest BCUT2D eigenvalue weighted by Crippen LogP contribution is -2.31. The number of aromatic nitrogens is 2. The van der Waals surface area contributed by atoms with Gasteiger partial charge >= 0.3 is 6.18 Å². The second-order valence-corrected chi connectivity index (χ2v) is 5.30. The molecule has 3 aromatic rings. The minimum Gasteiger partial charge on any atom is -0.543 e. The van der Waals surface area contributed by atoms with E-state index in [1.54, 1.807) is 0 Å². The Bertz CT molecular complexity index is 1030. The summed E-state index contributed by atoms with van der Waals surface area (Å²) in [6.07, 6.45) is -4.60. The van der Waals surface area contributed by atoms with Gasteiger partial charge in [0, 0.05) is 5.39 Å². The van der Waals surface area contributed by atoms with E-state index in [0.29, 0.717) is 4.68 Å². The molecule has 0 atom stereocenters. The highest BCUT2D eigenvalue weighted by molar-refractivity contribution is 6.00. The summed E-state index contributed by atoms with van der Waals surface area (Å²) >= 11 is 0. The Hall–Kier alpha value is -3.16. The molecule has 8 heteroatoms. The number of carboxylic acid groups (broad SMARTS) is 1. The largest absolute Gasteiger partial charge is 0.543 e. The number of hydrogen-bond donors (Lipinski definition) is 0. The van der Waals surface area contributed by atoms with Crippen molar-refractivity contribution in [2.45, 2.75) is 12.7 Å². The summed E-state index contributed by atoms with van der Waals surface area (Å²) in [5.74, 6) is -1.62. The fourth-order valence-corrected chi connectivity index (χ4v) is 2.59. The van der Waals surface area contributed by atoms with Gasteiger partial charge in [-0.15, -0.1) is 0 Å². The number of halogens is 3. The Labute approximate surface area is 138 Å². The van der Waals surface area contributed by atoms with Crippen LogP contribution in [0.3, 0.4) is 0 Å². The van der Waals surface area contributed by atoms with Crippen molar-refractivity contribution in [1.82, 2.24) is 9.78 Å². The molecular weight excluding hydrogens is 337 g/mol. The van der Waals surface area contributed by atoms with Crippen molar-refractivity contribution in [1.29, 1.82) is 0 Å². The molecule has 0 N–H and O–H groups in total. The van der Waals surface area contributed by atoms with Gasteiger partial charge in [0.1, 0.15) is 5.69 Å². The monoisotopic (exact) mass is 347 g/mol. The fraction of sp³-hybridized carbons (Fsp3) is 0.118. The molecule has 1 heterocycles. The van der Waals surface area contributed by atoms with Crippen molar-refractivity contribution < 1.29 is 23.1 Å². The summed E-state index contributed by atoms with van der Waals surface area (Å²) < 4.78 is 40.0. The van der Waals surface area contributed by atoms with Gasteiger partial charge in [-0.3, -0.25) is 4.79 Å². The Morgan fingerprint density at radius 2 is 1.64 bits per heavy atom.